The van der Waals surface area contributed by atoms with Gasteiger partial charge in [0.1, 0.15) is 19.0 Å². The lowest BCUT2D eigenvalue weighted by molar-refractivity contribution is 0.147. The molecule has 1 aromatic rings. The maximum Gasteiger partial charge on any atom is 0.403 e. The number of rotatable bonds is 12. The van der Waals surface area contributed by atoms with Crippen LogP contribution in [0.4, 0.5) is 4.79 Å². The smallest absolute Gasteiger partial charge is 0.403 e. The van der Waals surface area contributed by atoms with Gasteiger partial charge in [-0.15, -0.1) is 0 Å². The molecule has 3 nitrogen and oxygen atoms in total. The fourth-order valence-electron chi connectivity index (χ4n) is 3.70. The van der Waals surface area contributed by atoms with E-state index in [1.807, 2.05) is 12.1 Å². The van der Waals surface area contributed by atoms with Gasteiger partial charge in [-0.2, -0.15) is 0 Å². The molecule has 0 saturated heterocycles. The highest BCUT2D eigenvalue weighted by atomic mass is 35.5. The van der Waals surface area contributed by atoms with E-state index in [1.54, 1.807) is 0 Å². The van der Waals surface area contributed by atoms with Gasteiger partial charge in [-0.25, -0.2) is 4.79 Å². The molecule has 25 heavy (non-hydrogen) atoms. The molecular formula is C21H33ClO3. The molecule has 4 heteroatoms. The molecule has 0 amide bonds. The highest BCUT2D eigenvalue weighted by Crippen LogP contribution is 2.31. The van der Waals surface area contributed by atoms with E-state index in [2.05, 4.69) is 44.6 Å². The number of halogens is 1. The van der Waals surface area contributed by atoms with Crippen LogP contribution >= 0.6 is 11.6 Å². The van der Waals surface area contributed by atoms with Crippen LogP contribution in [0.15, 0.2) is 24.3 Å². The molecule has 0 spiro atoms. The SMILES string of the molecule is CCC[C@H]([C@H](C)CCC)[C@H](C)Cc1cccc(OCCOC(=O)Cl)c1. The Morgan fingerprint density at radius 3 is 2.44 bits per heavy atom. The molecule has 0 aliphatic carbocycles. The second-order valence-electron chi connectivity index (χ2n) is 6.98. The topological polar surface area (TPSA) is 35.5 Å². The van der Waals surface area contributed by atoms with Gasteiger partial charge in [-0.1, -0.05) is 65.5 Å². The molecule has 0 bridgehead atoms. The van der Waals surface area contributed by atoms with Crippen molar-refractivity contribution in [2.75, 3.05) is 13.2 Å². The number of hydrogen-bond acceptors (Lipinski definition) is 3. The zero-order valence-corrected chi connectivity index (χ0v) is 16.8. The van der Waals surface area contributed by atoms with Crippen molar-refractivity contribution in [3.63, 3.8) is 0 Å². The fourth-order valence-corrected chi connectivity index (χ4v) is 3.78. The van der Waals surface area contributed by atoms with Gasteiger partial charge < -0.3 is 9.47 Å². The van der Waals surface area contributed by atoms with Crippen LogP contribution in [0.2, 0.25) is 0 Å². The van der Waals surface area contributed by atoms with E-state index in [9.17, 15) is 4.79 Å². The summed E-state index contributed by atoms with van der Waals surface area (Å²) in [6.45, 7) is 9.80. The van der Waals surface area contributed by atoms with Crippen LogP contribution in [-0.4, -0.2) is 18.6 Å². The minimum Gasteiger partial charge on any atom is -0.490 e. The Balaban J connectivity index is 2.61. The van der Waals surface area contributed by atoms with Crippen molar-refractivity contribution in [3.05, 3.63) is 29.8 Å². The van der Waals surface area contributed by atoms with Crippen molar-refractivity contribution >= 4 is 17.0 Å². The molecule has 1 aromatic carbocycles. The van der Waals surface area contributed by atoms with Crippen molar-refractivity contribution in [1.82, 2.24) is 0 Å². The molecule has 142 valence electrons. The lowest BCUT2D eigenvalue weighted by Gasteiger charge is -2.29. The maximum absolute atomic E-state index is 10.5. The van der Waals surface area contributed by atoms with Crippen LogP contribution in [-0.2, 0) is 11.2 Å². The Bertz CT molecular complexity index is 504. The molecule has 0 N–H and O–H groups in total. The molecule has 0 fully saturated rings. The van der Waals surface area contributed by atoms with Crippen LogP contribution in [0.25, 0.3) is 0 Å². The van der Waals surface area contributed by atoms with E-state index in [4.69, 9.17) is 16.3 Å². The second-order valence-corrected chi connectivity index (χ2v) is 7.29. The third-order valence-electron chi connectivity index (χ3n) is 4.85. The predicted octanol–water partition coefficient (Wildman–Crippen LogP) is 6.47. The first kappa shape index (κ1) is 21.8. The van der Waals surface area contributed by atoms with Gasteiger partial charge in [0.25, 0.3) is 0 Å². The molecule has 0 unspecified atom stereocenters. The van der Waals surface area contributed by atoms with Gasteiger partial charge in [-0.3, -0.25) is 0 Å². The van der Waals surface area contributed by atoms with Crippen molar-refractivity contribution in [3.8, 4) is 5.75 Å². The van der Waals surface area contributed by atoms with Gasteiger partial charge in [0.2, 0.25) is 0 Å². The van der Waals surface area contributed by atoms with Crippen LogP contribution in [0.1, 0.15) is 58.9 Å². The normalized spacial score (nSPS) is 14.6. The molecular weight excluding hydrogens is 336 g/mol. The number of carbonyl (C=O) groups excluding carboxylic acids is 1. The monoisotopic (exact) mass is 368 g/mol. The van der Waals surface area contributed by atoms with Crippen molar-refractivity contribution in [2.45, 2.75) is 59.8 Å². The van der Waals surface area contributed by atoms with Crippen LogP contribution in [0.5, 0.6) is 5.75 Å². The van der Waals surface area contributed by atoms with Gasteiger partial charge in [0.05, 0.1) is 0 Å². The highest BCUT2D eigenvalue weighted by Gasteiger charge is 2.22. The summed E-state index contributed by atoms with van der Waals surface area (Å²) in [7, 11) is 0. The summed E-state index contributed by atoms with van der Waals surface area (Å²) in [4.78, 5) is 10.5. The number of ether oxygens (including phenoxy) is 2. The Hall–Kier alpha value is -1.22. The summed E-state index contributed by atoms with van der Waals surface area (Å²) < 4.78 is 10.3. The summed E-state index contributed by atoms with van der Waals surface area (Å²) in [6, 6.07) is 8.21. The largest absolute Gasteiger partial charge is 0.490 e. The first-order valence-electron chi connectivity index (χ1n) is 9.51. The summed E-state index contributed by atoms with van der Waals surface area (Å²) in [5.41, 5.74) is 0.499. The Morgan fingerprint density at radius 2 is 1.80 bits per heavy atom. The summed E-state index contributed by atoms with van der Waals surface area (Å²) in [5.74, 6) is 2.99. The number of hydrogen-bond donors (Lipinski definition) is 0. The minimum atomic E-state index is -0.797. The first-order chi connectivity index (χ1) is 12.0. The van der Waals surface area contributed by atoms with Crippen LogP contribution in [0.3, 0.4) is 0 Å². The quantitative estimate of drug-likeness (QED) is 0.313. The van der Waals surface area contributed by atoms with Crippen LogP contribution < -0.4 is 4.74 Å². The Kier molecular flexibility index (Phi) is 10.6. The van der Waals surface area contributed by atoms with E-state index in [0.717, 1.165) is 24.0 Å². The van der Waals surface area contributed by atoms with Crippen molar-refractivity contribution in [1.29, 1.82) is 0 Å². The Morgan fingerprint density at radius 1 is 1.08 bits per heavy atom. The van der Waals surface area contributed by atoms with E-state index in [1.165, 1.54) is 31.2 Å². The summed E-state index contributed by atoms with van der Waals surface area (Å²) in [6.07, 6.45) is 6.15. The van der Waals surface area contributed by atoms with Gasteiger partial charge >= 0.3 is 5.43 Å². The number of carbonyl (C=O) groups is 1. The molecule has 3 atom stereocenters. The zero-order chi connectivity index (χ0) is 18.7. The molecule has 0 aromatic heterocycles. The number of benzene rings is 1. The van der Waals surface area contributed by atoms with E-state index in [0.29, 0.717) is 12.5 Å². The average molecular weight is 369 g/mol. The van der Waals surface area contributed by atoms with E-state index < -0.39 is 5.43 Å². The standard InChI is InChI=1S/C21H33ClO3/c1-5-8-16(3)20(9-6-2)17(4)14-18-10-7-11-19(15-18)24-12-13-25-21(22)23/h7,10-11,15-17,20H,5-6,8-9,12-14H2,1-4H3/t16-,17-,20-/m1/s1. The van der Waals surface area contributed by atoms with Gasteiger partial charge in [0, 0.05) is 11.6 Å². The third kappa shape index (κ3) is 8.62. The Labute approximate surface area is 158 Å². The van der Waals surface area contributed by atoms with Crippen molar-refractivity contribution in [2.24, 2.45) is 17.8 Å². The van der Waals surface area contributed by atoms with E-state index in [-0.39, 0.29) is 6.61 Å². The summed E-state index contributed by atoms with van der Waals surface area (Å²) >= 11 is 5.13. The molecule has 0 aliphatic heterocycles. The third-order valence-corrected chi connectivity index (χ3v) is 4.96. The zero-order valence-electron chi connectivity index (χ0n) is 16.1. The maximum atomic E-state index is 10.5. The second kappa shape index (κ2) is 12.2. The lowest BCUT2D eigenvalue weighted by Crippen LogP contribution is -2.21. The fraction of sp³-hybridized carbons (Fsp3) is 0.667. The van der Waals surface area contributed by atoms with Crippen molar-refractivity contribution < 1.29 is 14.3 Å². The van der Waals surface area contributed by atoms with Crippen LogP contribution in [0, 0.1) is 17.8 Å². The average Bonchev–Trinajstić information content (AvgIpc) is 2.57. The first-order valence-corrected chi connectivity index (χ1v) is 9.89. The van der Waals surface area contributed by atoms with Gasteiger partial charge in [0.15, 0.2) is 0 Å². The molecule has 0 radical (unpaired) electrons. The summed E-state index contributed by atoms with van der Waals surface area (Å²) in [5, 5.41) is 0. The lowest BCUT2D eigenvalue weighted by atomic mass is 9.76. The minimum absolute atomic E-state index is 0.163. The molecule has 0 heterocycles. The molecule has 0 saturated carbocycles. The predicted molar refractivity (Wildman–Crippen MR) is 104 cm³/mol. The van der Waals surface area contributed by atoms with E-state index >= 15 is 0 Å². The highest BCUT2D eigenvalue weighted by molar-refractivity contribution is 6.61. The molecule has 0 aliphatic rings. The van der Waals surface area contributed by atoms with Gasteiger partial charge in [-0.05, 0) is 41.9 Å². The molecule has 1 rings (SSSR count).